The molecule has 0 radical (unpaired) electrons. The Hall–Kier alpha value is -1.59. The number of likely N-dealkylation sites (tertiary alicyclic amines) is 2. The number of methoxy groups -OCH3 is 1. The van der Waals surface area contributed by atoms with E-state index in [1.807, 2.05) is 35.2 Å². The molecule has 1 atom stereocenters. The highest BCUT2D eigenvalue weighted by molar-refractivity contribution is 5.84. The van der Waals surface area contributed by atoms with Crippen molar-refractivity contribution in [2.75, 3.05) is 53.0 Å². The van der Waals surface area contributed by atoms with Gasteiger partial charge in [-0.1, -0.05) is 18.2 Å². The number of amides is 1. The van der Waals surface area contributed by atoms with E-state index in [1.165, 1.54) is 0 Å². The van der Waals surface area contributed by atoms with Crippen LogP contribution in [0.4, 0.5) is 0 Å². The molecule has 3 rings (SSSR count). The third-order valence-electron chi connectivity index (χ3n) is 5.45. The van der Waals surface area contributed by atoms with Crippen molar-refractivity contribution < 1.29 is 14.3 Å². The summed E-state index contributed by atoms with van der Waals surface area (Å²) in [6.45, 7) is 5.89. The first-order valence-electron chi connectivity index (χ1n) is 9.42. The molecule has 2 heterocycles. The molecule has 5 nitrogen and oxygen atoms in total. The summed E-state index contributed by atoms with van der Waals surface area (Å²) in [5.74, 6) is 1.27. The highest BCUT2D eigenvalue weighted by Crippen LogP contribution is 2.40. The van der Waals surface area contributed by atoms with Crippen LogP contribution in [0.25, 0.3) is 0 Å². The van der Waals surface area contributed by atoms with E-state index >= 15 is 0 Å². The summed E-state index contributed by atoms with van der Waals surface area (Å²) in [5, 5.41) is 0. The summed E-state index contributed by atoms with van der Waals surface area (Å²) in [6, 6.07) is 9.95. The van der Waals surface area contributed by atoms with Gasteiger partial charge in [0.25, 0.3) is 0 Å². The molecular weight excluding hydrogens is 316 g/mol. The van der Waals surface area contributed by atoms with Crippen LogP contribution in [0.5, 0.6) is 5.75 Å². The molecule has 0 N–H and O–H groups in total. The molecule has 25 heavy (non-hydrogen) atoms. The van der Waals surface area contributed by atoms with Crippen molar-refractivity contribution in [3.63, 3.8) is 0 Å². The molecule has 1 aromatic carbocycles. The van der Waals surface area contributed by atoms with Gasteiger partial charge in [0.1, 0.15) is 5.75 Å². The molecule has 0 bridgehead atoms. The van der Waals surface area contributed by atoms with Crippen LogP contribution >= 0.6 is 0 Å². The number of ether oxygens (including phenoxy) is 2. The fourth-order valence-electron chi connectivity index (χ4n) is 4.09. The molecule has 0 aliphatic carbocycles. The number of nitrogens with zero attached hydrogens (tertiary/aromatic N) is 2. The summed E-state index contributed by atoms with van der Waals surface area (Å²) < 4.78 is 10.9. The van der Waals surface area contributed by atoms with E-state index in [0.29, 0.717) is 12.5 Å². The van der Waals surface area contributed by atoms with Crippen LogP contribution < -0.4 is 4.74 Å². The van der Waals surface area contributed by atoms with Crippen LogP contribution in [-0.4, -0.2) is 68.8 Å². The summed E-state index contributed by atoms with van der Waals surface area (Å²) in [4.78, 5) is 17.4. The second kappa shape index (κ2) is 8.68. The monoisotopic (exact) mass is 346 g/mol. The number of hydrogen-bond acceptors (Lipinski definition) is 4. The second-order valence-corrected chi connectivity index (χ2v) is 7.21. The topological polar surface area (TPSA) is 42.0 Å². The molecule has 1 unspecified atom stereocenters. The smallest absolute Gasteiger partial charge is 0.230 e. The molecule has 138 valence electrons. The number of para-hydroxylation sites is 1. The highest BCUT2D eigenvalue weighted by Gasteiger charge is 2.47. The molecule has 2 fully saturated rings. The second-order valence-electron chi connectivity index (χ2n) is 7.21. The molecule has 0 saturated carbocycles. The number of hydrogen-bond donors (Lipinski definition) is 0. The van der Waals surface area contributed by atoms with E-state index in [2.05, 4.69) is 4.90 Å². The average molecular weight is 346 g/mol. The first-order valence-corrected chi connectivity index (χ1v) is 9.42. The molecular formula is C20H30N2O3. The minimum absolute atomic E-state index is 0.147. The Morgan fingerprint density at radius 2 is 1.92 bits per heavy atom. The van der Waals surface area contributed by atoms with Gasteiger partial charge in [0.2, 0.25) is 5.91 Å². The molecule has 2 aliphatic rings. The zero-order chi connectivity index (χ0) is 17.5. The van der Waals surface area contributed by atoms with Crippen LogP contribution in [0, 0.1) is 5.41 Å². The Morgan fingerprint density at radius 1 is 1.08 bits per heavy atom. The van der Waals surface area contributed by atoms with E-state index in [9.17, 15) is 4.79 Å². The minimum atomic E-state index is -0.147. The van der Waals surface area contributed by atoms with Crippen molar-refractivity contribution >= 4 is 5.91 Å². The van der Waals surface area contributed by atoms with Gasteiger partial charge >= 0.3 is 0 Å². The van der Waals surface area contributed by atoms with Crippen molar-refractivity contribution in [3.05, 3.63) is 30.3 Å². The Bertz CT molecular complexity index is 551. The van der Waals surface area contributed by atoms with Crippen molar-refractivity contribution in [1.29, 1.82) is 0 Å². The first-order chi connectivity index (χ1) is 12.2. The Morgan fingerprint density at radius 3 is 2.72 bits per heavy atom. The summed E-state index contributed by atoms with van der Waals surface area (Å²) >= 11 is 0. The zero-order valence-electron chi connectivity index (χ0n) is 15.3. The lowest BCUT2D eigenvalue weighted by Crippen LogP contribution is -2.51. The fraction of sp³-hybridized carbons (Fsp3) is 0.650. The van der Waals surface area contributed by atoms with E-state index in [0.717, 1.165) is 70.8 Å². The first kappa shape index (κ1) is 18.2. The van der Waals surface area contributed by atoms with Gasteiger partial charge in [-0.2, -0.15) is 0 Å². The number of piperidine rings is 1. The molecule has 2 aliphatic heterocycles. The average Bonchev–Trinajstić information content (AvgIpc) is 3.05. The fourth-order valence-corrected chi connectivity index (χ4v) is 4.09. The number of carbonyl (C=O) groups is 1. The van der Waals surface area contributed by atoms with Crippen molar-refractivity contribution in [3.8, 4) is 5.75 Å². The standard InChI is InChI=1S/C20H30N2O3/c1-24-16-14-22-12-5-9-20(19(22)23)10-13-21(17-20)11-6-15-25-18-7-3-2-4-8-18/h2-4,7-8H,5-6,9-17H2,1H3. The maximum absolute atomic E-state index is 12.9. The molecule has 0 aromatic heterocycles. The normalized spacial score (nSPS) is 24.2. The SMILES string of the molecule is COCCN1CCCC2(CCN(CCCOc3ccccc3)C2)C1=O. The molecule has 1 spiro atoms. The lowest BCUT2D eigenvalue weighted by Gasteiger charge is -2.39. The van der Waals surface area contributed by atoms with Crippen LogP contribution in [0.3, 0.4) is 0 Å². The van der Waals surface area contributed by atoms with Gasteiger partial charge in [0, 0.05) is 33.3 Å². The molecule has 5 heteroatoms. The highest BCUT2D eigenvalue weighted by atomic mass is 16.5. The predicted molar refractivity (Wildman–Crippen MR) is 97.7 cm³/mol. The number of carbonyl (C=O) groups excluding carboxylic acids is 1. The predicted octanol–water partition coefficient (Wildman–Crippen LogP) is 2.42. The largest absolute Gasteiger partial charge is 0.494 e. The van der Waals surface area contributed by atoms with Crippen molar-refractivity contribution in [2.24, 2.45) is 5.41 Å². The van der Waals surface area contributed by atoms with Crippen molar-refractivity contribution in [1.82, 2.24) is 9.80 Å². The number of rotatable bonds is 8. The maximum atomic E-state index is 12.9. The zero-order valence-corrected chi connectivity index (χ0v) is 15.3. The van der Waals surface area contributed by atoms with E-state index in [-0.39, 0.29) is 5.41 Å². The minimum Gasteiger partial charge on any atom is -0.494 e. The van der Waals surface area contributed by atoms with Gasteiger partial charge < -0.3 is 19.3 Å². The maximum Gasteiger partial charge on any atom is 0.230 e. The van der Waals surface area contributed by atoms with Crippen LogP contribution in [0.15, 0.2) is 30.3 Å². The molecule has 1 amide bonds. The van der Waals surface area contributed by atoms with Gasteiger partial charge in [0.05, 0.1) is 18.6 Å². The van der Waals surface area contributed by atoms with Gasteiger partial charge in [-0.25, -0.2) is 0 Å². The van der Waals surface area contributed by atoms with Gasteiger partial charge in [0.15, 0.2) is 0 Å². The van der Waals surface area contributed by atoms with E-state index in [4.69, 9.17) is 9.47 Å². The quantitative estimate of drug-likeness (QED) is 0.678. The Balaban J connectivity index is 1.43. The summed E-state index contributed by atoms with van der Waals surface area (Å²) in [7, 11) is 1.69. The van der Waals surface area contributed by atoms with Crippen LogP contribution in [0.2, 0.25) is 0 Å². The lowest BCUT2D eigenvalue weighted by molar-refractivity contribution is -0.146. The van der Waals surface area contributed by atoms with E-state index < -0.39 is 0 Å². The Labute approximate surface area is 150 Å². The Kier molecular flexibility index (Phi) is 6.32. The third-order valence-corrected chi connectivity index (χ3v) is 5.45. The summed E-state index contributed by atoms with van der Waals surface area (Å²) in [5.41, 5.74) is -0.147. The third kappa shape index (κ3) is 4.53. The van der Waals surface area contributed by atoms with Gasteiger partial charge in [-0.15, -0.1) is 0 Å². The molecule has 1 aromatic rings. The van der Waals surface area contributed by atoms with E-state index in [1.54, 1.807) is 7.11 Å². The van der Waals surface area contributed by atoms with Crippen LogP contribution in [-0.2, 0) is 9.53 Å². The van der Waals surface area contributed by atoms with Crippen molar-refractivity contribution in [2.45, 2.75) is 25.7 Å². The lowest BCUT2D eigenvalue weighted by atomic mass is 9.78. The van der Waals surface area contributed by atoms with Gasteiger partial charge in [-0.05, 0) is 44.4 Å². The summed E-state index contributed by atoms with van der Waals surface area (Å²) in [6.07, 6.45) is 4.13. The number of benzene rings is 1. The van der Waals surface area contributed by atoms with Gasteiger partial charge in [-0.3, -0.25) is 4.79 Å². The molecule has 2 saturated heterocycles. The van der Waals surface area contributed by atoms with Crippen LogP contribution in [0.1, 0.15) is 25.7 Å².